The molecule has 0 aromatic heterocycles. The lowest BCUT2D eigenvalue weighted by Crippen LogP contribution is -2.55. The minimum atomic E-state index is -0.593. The van der Waals surface area contributed by atoms with Crippen LogP contribution >= 0.6 is 0 Å². The monoisotopic (exact) mass is 605 g/mol. The molecule has 0 saturated heterocycles. The Morgan fingerprint density at radius 1 is 0.500 bits per heavy atom. The Bertz CT molecular complexity index is 629. The molecule has 0 aliphatic rings. The largest absolute Gasteiger partial charge is 0.396 e. The number of aliphatic hydroxyl groups excluding tert-OH is 7. The molecular weight excluding hydrogens is 532 g/mol. The zero-order valence-electron chi connectivity index (χ0n) is 28.4. The quantitative estimate of drug-likeness (QED) is 0.0569. The molecule has 0 fully saturated rings. The van der Waals surface area contributed by atoms with Crippen molar-refractivity contribution in [2.24, 2.45) is 39.9 Å². The second-order valence-corrected chi connectivity index (χ2v) is 14.8. The van der Waals surface area contributed by atoms with Crippen LogP contribution < -0.4 is 0 Å². The molecule has 0 saturated carbocycles. The van der Waals surface area contributed by atoms with Gasteiger partial charge in [0.05, 0.1) is 6.10 Å². The van der Waals surface area contributed by atoms with Crippen LogP contribution in [0.3, 0.4) is 0 Å². The van der Waals surface area contributed by atoms with Crippen molar-refractivity contribution in [2.75, 3.05) is 39.6 Å². The predicted octanol–water partition coefficient (Wildman–Crippen LogP) is 5.70. The van der Waals surface area contributed by atoms with E-state index in [-0.39, 0.29) is 74.1 Å². The Labute approximate surface area is 259 Å². The Morgan fingerprint density at radius 2 is 0.929 bits per heavy atom. The smallest absolute Gasteiger partial charge is 0.0601 e. The maximum Gasteiger partial charge on any atom is 0.0601 e. The summed E-state index contributed by atoms with van der Waals surface area (Å²) in [6, 6.07) is 0. The van der Waals surface area contributed by atoms with Gasteiger partial charge in [-0.25, -0.2) is 0 Å². The highest BCUT2D eigenvalue weighted by molar-refractivity contribution is 5.05. The molecule has 0 heterocycles. The van der Waals surface area contributed by atoms with E-state index in [4.69, 9.17) is 0 Å². The van der Waals surface area contributed by atoms with Crippen molar-refractivity contribution in [3.63, 3.8) is 0 Å². The highest BCUT2D eigenvalue weighted by atomic mass is 16.3. The van der Waals surface area contributed by atoms with E-state index in [0.717, 1.165) is 83.5 Å². The standard InChI is InChI=1S/C35H72O7/c1-28(24-38)14-18-34(19-15-29(2)25-39,31(4)23-33(5,6)27-41)35(17-10-8-12-22-37,20-16-30(3)26-40)32(42)13-9-7-11-21-36/h28-32,36-42H,7-27H2,1-6H3. The van der Waals surface area contributed by atoms with E-state index in [2.05, 4.69) is 41.5 Å². The molecule has 0 aliphatic carbocycles. The van der Waals surface area contributed by atoms with Crippen molar-refractivity contribution in [2.45, 2.75) is 144 Å². The molecule has 0 amide bonds. The predicted molar refractivity (Wildman–Crippen MR) is 173 cm³/mol. The number of hydrogen-bond donors (Lipinski definition) is 7. The van der Waals surface area contributed by atoms with Crippen LogP contribution in [0.4, 0.5) is 0 Å². The fourth-order valence-corrected chi connectivity index (χ4v) is 7.40. The van der Waals surface area contributed by atoms with Crippen molar-refractivity contribution < 1.29 is 35.7 Å². The highest BCUT2D eigenvalue weighted by Crippen LogP contribution is 2.62. The van der Waals surface area contributed by atoms with Crippen LogP contribution in [0.15, 0.2) is 0 Å². The topological polar surface area (TPSA) is 142 Å². The van der Waals surface area contributed by atoms with Crippen molar-refractivity contribution in [3.8, 4) is 0 Å². The van der Waals surface area contributed by atoms with Gasteiger partial charge in [-0.1, -0.05) is 67.2 Å². The first-order valence-corrected chi connectivity index (χ1v) is 17.2. The van der Waals surface area contributed by atoms with Gasteiger partial charge in [0.25, 0.3) is 0 Å². The average molecular weight is 605 g/mol. The van der Waals surface area contributed by atoms with Gasteiger partial charge in [-0.15, -0.1) is 0 Å². The van der Waals surface area contributed by atoms with Crippen LogP contribution in [-0.2, 0) is 0 Å². The summed E-state index contributed by atoms with van der Waals surface area (Å²) in [5.41, 5.74) is -1.12. The van der Waals surface area contributed by atoms with Crippen molar-refractivity contribution in [3.05, 3.63) is 0 Å². The minimum Gasteiger partial charge on any atom is -0.396 e. The maximum atomic E-state index is 12.5. The van der Waals surface area contributed by atoms with Crippen LogP contribution in [0, 0.1) is 39.9 Å². The SMILES string of the molecule is CC(CO)CCC(CCC(C)CO)(C(C)CC(C)(C)CO)C(CCCCCO)(CCC(C)CO)C(O)CCCCCO. The van der Waals surface area contributed by atoms with Crippen molar-refractivity contribution in [1.82, 2.24) is 0 Å². The summed E-state index contributed by atoms with van der Waals surface area (Å²) < 4.78 is 0. The second kappa shape index (κ2) is 22.3. The molecular formula is C35H72O7. The van der Waals surface area contributed by atoms with Crippen molar-refractivity contribution in [1.29, 1.82) is 0 Å². The Morgan fingerprint density at radius 3 is 1.33 bits per heavy atom. The van der Waals surface area contributed by atoms with E-state index in [0.29, 0.717) is 12.8 Å². The number of rotatable bonds is 28. The van der Waals surface area contributed by atoms with Gasteiger partial charge >= 0.3 is 0 Å². The summed E-state index contributed by atoms with van der Waals surface area (Å²) in [7, 11) is 0. The Hall–Kier alpha value is -0.280. The molecule has 0 rings (SSSR count). The lowest BCUT2D eigenvalue weighted by atomic mass is 9.46. The Kier molecular flexibility index (Phi) is 22.1. The highest BCUT2D eigenvalue weighted by Gasteiger charge is 2.56. The molecule has 7 N–H and O–H groups in total. The molecule has 6 unspecified atom stereocenters. The molecule has 42 heavy (non-hydrogen) atoms. The fourth-order valence-electron chi connectivity index (χ4n) is 7.40. The fraction of sp³-hybridized carbons (Fsp3) is 1.00. The molecule has 0 aromatic rings. The molecule has 6 atom stereocenters. The third-order valence-electron chi connectivity index (χ3n) is 10.5. The van der Waals surface area contributed by atoms with E-state index in [1.807, 2.05) is 0 Å². The van der Waals surface area contributed by atoms with E-state index >= 15 is 0 Å². The normalized spacial score (nSPS) is 19.1. The summed E-state index contributed by atoms with van der Waals surface area (Å²) in [6.45, 7) is 13.4. The van der Waals surface area contributed by atoms with Crippen LogP contribution in [0.2, 0.25) is 0 Å². The lowest BCUT2D eigenvalue weighted by Gasteiger charge is -2.59. The van der Waals surface area contributed by atoms with E-state index < -0.39 is 11.5 Å². The van der Waals surface area contributed by atoms with Gasteiger partial charge in [0.15, 0.2) is 0 Å². The second-order valence-electron chi connectivity index (χ2n) is 14.8. The number of unbranched alkanes of at least 4 members (excludes halogenated alkanes) is 4. The summed E-state index contributed by atoms with van der Waals surface area (Å²) in [5, 5.41) is 71.9. The lowest BCUT2D eigenvalue weighted by molar-refractivity contribution is -0.146. The van der Waals surface area contributed by atoms with Gasteiger partial charge in [-0.3, -0.25) is 0 Å². The van der Waals surface area contributed by atoms with Gasteiger partial charge in [0.1, 0.15) is 0 Å². The van der Waals surface area contributed by atoms with Crippen LogP contribution in [0.5, 0.6) is 0 Å². The van der Waals surface area contributed by atoms with Crippen molar-refractivity contribution >= 4 is 0 Å². The number of hydrogen-bond acceptors (Lipinski definition) is 7. The summed E-state index contributed by atoms with van der Waals surface area (Å²) >= 11 is 0. The molecule has 254 valence electrons. The van der Waals surface area contributed by atoms with Gasteiger partial charge in [0.2, 0.25) is 0 Å². The molecule has 0 aromatic carbocycles. The van der Waals surface area contributed by atoms with E-state index in [1.54, 1.807) is 0 Å². The summed E-state index contributed by atoms with van der Waals surface area (Å²) in [6.07, 6.45) is 11.3. The maximum absolute atomic E-state index is 12.5. The molecule has 7 nitrogen and oxygen atoms in total. The Balaban J connectivity index is 7.32. The molecule has 0 spiro atoms. The first-order valence-electron chi connectivity index (χ1n) is 17.2. The van der Waals surface area contributed by atoms with Gasteiger partial charge in [0, 0.05) is 45.1 Å². The first-order chi connectivity index (χ1) is 19.8. The third kappa shape index (κ3) is 13.8. The molecule has 0 bridgehead atoms. The third-order valence-corrected chi connectivity index (χ3v) is 10.5. The zero-order valence-corrected chi connectivity index (χ0v) is 28.4. The summed E-state index contributed by atoms with van der Waals surface area (Å²) in [5.74, 6) is 0.467. The van der Waals surface area contributed by atoms with Crippen LogP contribution in [-0.4, -0.2) is 81.5 Å². The van der Waals surface area contributed by atoms with Gasteiger partial charge < -0.3 is 35.7 Å². The van der Waals surface area contributed by atoms with E-state index in [1.165, 1.54) is 0 Å². The van der Waals surface area contributed by atoms with Gasteiger partial charge in [-0.2, -0.15) is 0 Å². The summed E-state index contributed by atoms with van der Waals surface area (Å²) in [4.78, 5) is 0. The molecule has 7 heteroatoms. The van der Waals surface area contributed by atoms with Crippen LogP contribution in [0.1, 0.15) is 138 Å². The first kappa shape index (κ1) is 41.7. The zero-order chi connectivity index (χ0) is 32.2. The number of aliphatic hydroxyl groups is 7. The molecule has 0 radical (unpaired) electrons. The van der Waals surface area contributed by atoms with Crippen LogP contribution in [0.25, 0.3) is 0 Å². The van der Waals surface area contributed by atoms with Gasteiger partial charge in [-0.05, 0) is 105 Å². The average Bonchev–Trinajstić information content (AvgIpc) is 2.98. The minimum absolute atomic E-state index is 0.0717. The van der Waals surface area contributed by atoms with E-state index in [9.17, 15) is 35.7 Å². The molecule has 0 aliphatic heterocycles.